The molecule has 0 aromatic heterocycles. The fraction of sp³-hybridized carbons (Fsp3) is 0.588. The number of urea groups is 1. The quantitative estimate of drug-likeness (QED) is 0.899. The van der Waals surface area contributed by atoms with Crippen LogP contribution in [-0.2, 0) is 0 Å². The van der Waals surface area contributed by atoms with Crippen molar-refractivity contribution < 1.29 is 9.90 Å². The number of aliphatic hydroxyl groups is 1. The Hall–Kier alpha value is -1.75. The molecule has 1 heterocycles. The molecular formula is C17H27N3O2. The summed E-state index contributed by atoms with van der Waals surface area (Å²) in [6, 6.07) is 7.71. The number of hydrogen-bond acceptors (Lipinski definition) is 3. The van der Waals surface area contributed by atoms with Crippen molar-refractivity contribution in [2.75, 3.05) is 36.9 Å². The smallest absolute Gasteiger partial charge is 0.321 e. The molecule has 122 valence electrons. The maximum absolute atomic E-state index is 12.3. The molecule has 2 N–H and O–H groups in total. The van der Waals surface area contributed by atoms with Crippen LogP contribution in [0.1, 0.15) is 33.1 Å². The van der Waals surface area contributed by atoms with Gasteiger partial charge in [0.25, 0.3) is 0 Å². The zero-order valence-corrected chi connectivity index (χ0v) is 13.8. The van der Waals surface area contributed by atoms with Gasteiger partial charge in [-0.2, -0.15) is 0 Å². The lowest BCUT2D eigenvalue weighted by molar-refractivity contribution is 0.0550. The fourth-order valence-corrected chi connectivity index (χ4v) is 2.85. The van der Waals surface area contributed by atoms with Gasteiger partial charge in [0.05, 0.1) is 23.5 Å². The van der Waals surface area contributed by atoms with Crippen LogP contribution in [0.3, 0.4) is 0 Å². The molecule has 2 amide bonds. The van der Waals surface area contributed by atoms with Crippen molar-refractivity contribution >= 4 is 17.4 Å². The number of nitrogens with one attached hydrogen (secondary N) is 1. The summed E-state index contributed by atoms with van der Waals surface area (Å²) >= 11 is 0. The lowest BCUT2D eigenvalue weighted by Gasteiger charge is -2.31. The predicted molar refractivity (Wildman–Crippen MR) is 90.5 cm³/mol. The molecule has 0 saturated carbocycles. The van der Waals surface area contributed by atoms with Gasteiger partial charge in [-0.25, -0.2) is 4.79 Å². The monoisotopic (exact) mass is 305 g/mol. The minimum Gasteiger partial charge on any atom is -0.389 e. The standard InChI is InChI=1S/C17H27N3O2/c1-17(2,22)13-19(3)16(21)18-14-9-5-6-10-15(14)20-11-7-4-8-12-20/h5-6,9-10,22H,4,7-8,11-13H2,1-3H3,(H,18,21). The lowest BCUT2D eigenvalue weighted by Crippen LogP contribution is -2.42. The fourth-order valence-electron chi connectivity index (χ4n) is 2.85. The second-order valence-electron chi connectivity index (χ2n) is 6.66. The lowest BCUT2D eigenvalue weighted by atomic mass is 10.1. The molecule has 0 unspecified atom stereocenters. The Morgan fingerprint density at radius 2 is 1.91 bits per heavy atom. The van der Waals surface area contributed by atoms with E-state index in [9.17, 15) is 9.90 Å². The maximum Gasteiger partial charge on any atom is 0.321 e. The summed E-state index contributed by atoms with van der Waals surface area (Å²) in [6.07, 6.45) is 3.67. The maximum atomic E-state index is 12.3. The van der Waals surface area contributed by atoms with Crippen LogP contribution >= 0.6 is 0 Å². The Morgan fingerprint density at radius 1 is 1.27 bits per heavy atom. The number of likely N-dealkylation sites (N-methyl/N-ethyl adjacent to an activating group) is 1. The number of carbonyl (C=O) groups excluding carboxylic acids is 1. The van der Waals surface area contributed by atoms with Crippen molar-refractivity contribution in [2.45, 2.75) is 38.7 Å². The molecule has 0 bridgehead atoms. The van der Waals surface area contributed by atoms with E-state index in [1.807, 2.05) is 18.2 Å². The third-order valence-electron chi connectivity index (χ3n) is 3.81. The van der Waals surface area contributed by atoms with E-state index in [1.54, 1.807) is 20.9 Å². The largest absolute Gasteiger partial charge is 0.389 e. The highest BCUT2D eigenvalue weighted by molar-refractivity contribution is 5.93. The minimum absolute atomic E-state index is 0.202. The van der Waals surface area contributed by atoms with Crippen LogP contribution in [-0.4, -0.2) is 48.3 Å². The molecule has 1 aromatic rings. The van der Waals surface area contributed by atoms with Crippen LogP contribution in [0, 0.1) is 0 Å². The highest BCUT2D eigenvalue weighted by Crippen LogP contribution is 2.28. The molecule has 5 heteroatoms. The SMILES string of the molecule is CN(CC(C)(C)O)C(=O)Nc1ccccc1N1CCCCC1. The molecule has 0 spiro atoms. The summed E-state index contributed by atoms with van der Waals surface area (Å²) in [4.78, 5) is 16.1. The van der Waals surface area contributed by atoms with Crippen molar-refractivity contribution in [1.82, 2.24) is 4.90 Å². The van der Waals surface area contributed by atoms with Gasteiger partial charge in [0, 0.05) is 20.1 Å². The first-order chi connectivity index (χ1) is 10.4. The number of para-hydroxylation sites is 2. The van der Waals surface area contributed by atoms with E-state index in [2.05, 4.69) is 16.3 Å². The van der Waals surface area contributed by atoms with E-state index in [1.165, 1.54) is 24.2 Å². The zero-order chi connectivity index (χ0) is 16.2. The molecule has 0 aliphatic carbocycles. The summed E-state index contributed by atoms with van der Waals surface area (Å²) in [5, 5.41) is 12.8. The van der Waals surface area contributed by atoms with Crippen molar-refractivity contribution in [2.24, 2.45) is 0 Å². The molecule has 22 heavy (non-hydrogen) atoms. The van der Waals surface area contributed by atoms with Crippen LogP contribution in [0.5, 0.6) is 0 Å². The molecule has 1 aromatic carbocycles. The third kappa shape index (κ3) is 4.63. The van der Waals surface area contributed by atoms with Gasteiger partial charge in [-0.15, -0.1) is 0 Å². The molecule has 1 fully saturated rings. The first-order valence-electron chi connectivity index (χ1n) is 7.95. The molecule has 0 atom stereocenters. The van der Waals surface area contributed by atoms with Gasteiger partial charge in [0.15, 0.2) is 0 Å². The second kappa shape index (κ2) is 7.01. The highest BCUT2D eigenvalue weighted by atomic mass is 16.3. The van der Waals surface area contributed by atoms with E-state index in [-0.39, 0.29) is 12.6 Å². The summed E-state index contributed by atoms with van der Waals surface area (Å²) in [5.74, 6) is 0. The molecule has 1 aliphatic heterocycles. The first-order valence-corrected chi connectivity index (χ1v) is 7.95. The molecule has 0 radical (unpaired) electrons. The van der Waals surface area contributed by atoms with Crippen molar-refractivity contribution in [1.29, 1.82) is 0 Å². The van der Waals surface area contributed by atoms with Gasteiger partial charge >= 0.3 is 6.03 Å². The van der Waals surface area contributed by atoms with Crippen molar-refractivity contribution in [3.63, 3.8) is 0 Å². The molecule has 5 nitrogen and oxygen atoms in total. The van der Waals surface area contributed by atoms with E-state index in [4.69, 9.17) is 0 Å². The normalized spacial score (nSPS) is 15.5. The number of carbonyl (C=O) groups is 1. The van der Waals surface area contributed by atoms with Gasteiger partial charge in [-0.05, 0) is 45.2 Å². The number of nitrogens with zero attached hydrogens (tertiary/aromatic N) is 2. The number of rotatable bonds is 4. The predicted octanol–water partition coefficient (Wildman–Crippen LogP) is 2.91. The van der Waals surface area contributed by atoms with Crippen molar-refractivity contribution in [3.8, 4) is 0 Å². The van der Waals surface area contributed by atoms with Crippen LogP contribution in [0.2, 0.25) is 0 Å². The summed E-state index contributed by atoms with van der Waals surface area (Å²) in [5.41, 5.74) is 1.00. The van der Waals surface area contributed by atoms with E-state index in [0.29, 0.717) is 0 Å². The summed E-state index contributed by atoms with van der Waals surface area (Å²) in [7, 11) is 1.69. The number of hydrogen-bond donors (Lipinski definition) is 2. The number of piperidine rings is 1. The van der Waals surface area contributed by atoms with Gasteiger partial charge in [-0.1, -0.05) is 12.1 Å². The number of amides is 2. The molecule has 2 rings (SSSR count). The van der Waals surface area contributed by atoms with Crippen molar-refractivity contribution in [3.05, 3.63) is 24.3 Å². The Labute approximate surface area is 132 Å². The Bertz CT molecular complexity index is 505. The van der Waals surface area contributed by atoms with E-state index >= 15 is 0 Å². The molecule has 1 saturated heterocycles. The number of anilines is 2. The highest BCUT2D eigenvalue weighted by Gasteiger charge is 2.21. The first kappa shape index (κ1) is 16.6. The van der Waals surface area contributed by atoms with Gasteiger partial charge < -0.3 is 20.2 Å². The van der Waals surface area contributed by atoms with Crippen LogP contribution < -0.4 is 10.2 Å². The Morgan fingerprint density at radius 3 is 2.55 bits per heavy atom. The van der Waals surface area contributed by atoms with Gasteiger partial charge in [-0.3, -0.25) is 0 Å². The average Bonchev–Trinajstić information content (AvgIpc) is 2.47. The van der Waals surface area contributed by atoms with E-state index in [0.717, 1.165) is 24.5 Å². The van der Waals surface area contributed by atoms with E-state index < -0.39 is 5.60 Å². The average molecular weight is 305 g/mol. The topological polar surface area (TPSA) is 55.8 Å². The minimum atomic E-state index is -0.904. The third-order valence-corrected chi connectivity index (χ3v) is 3.81. The second-order valence-corrected chi connectivity index (χ2v) is 6.66. The van der Waals surface area contributed by atoms with Crippen LogP contribution in [0.4, 0.5) is 16.2 Å². The van der Waals surface area contributed by atoms with Crippen LogP contribution in [0.15, 0.2) is 24.3 Å². The zero-order valence-electron chi connectivity index (χ0n) is 13.8. The molecular weight excluding hydrogens is 278 g/mol. The number of benzene rings is 1. The van der Waals surface area contributed by atoms with Gasteiger partial charge in [0.2, 0.25) is 0 Å². The van der Waals surface area contributed by atoms with Gasteiger partial charge in [0.1, 0.15) is 0 Å². The Kier molecular flexibility index (Phi) is 5.29. The summed E-state index contributed by atoms with van der Waals surface area (Å²) in [6.45, 7) is 5.74. The Balaban J connectivity index is 2.07. The molecule has 1 aliphatic rings. The van der Waals surface area contributed by atoms with Crippen LogP contribution in [0.25, 0.3) is 0 Å². The summed E-state index contributed by atoms with van der Waals surface area (Å²) < 4.78 is 0.